The Labute approximate surface area is 160 Å². The van der Waals surface area contributed by atoms with Gasteiger partial charge < -0.3 is 19.2 Å². The van der Waals surface area contributed by atoms with Crippen molar-refractivity contribution in [2.45, 2.75) is 19.9 Å². The summed E-state index contributed by atoms with van der Waals surface area (Å²) in [6.45, 7) is 1.97. The molecule has 0 aliphatic carbocycles. The topological polar surface area (TPSA) is 99.8 Å². The first-order valence-electron chi connectivity index (χ1n) is 8.84. The number of amides is 1. The van der Waals surface area contributed by atoms with E-state index in [-0.39, 0.29) is 13.0 Å². The lowest BCUT2D eigenvalue weighted by Crippen LogP contribution is -2.23. The molecule has 0 fully saturated rings. The van der Waals surface area contributed by atoms with Crippen molar-refractivity contribution < 1.29 is 23.5 Å². The zero-order chi connectivity index (χ0) is 19.9. The van der Waals surface area contributed by atoms with Crippen LogP contribution in [0, 0.1) is 0 Å². The molecule has 3 aromatic rings. The monoisotopic (exact) mass is 384 g/mol. The Kier molecular flexibility index (Phi) is 6.11. The first kappa shape index (κ1) is 19.2. The molecule has 0 radical (unpaired) electrons. The van der Waals surface area contributed by atoms with E-state index in [1.165, 1.54) is 4.57 Å². The number of fused-ring (bicyclic) bond motifs is 1. The molecule has 3 rings (SSSR count). The Bertz CT molecular complexity index is 1040. The highest BCUT2D eigenvalue weighted by Crippen LogP contribution is 2.23. The van der Waals surface area contributed by atoms with Crippen molar-refractivity contribution in [1.82, 2.24) is 4.57 Å². The van der Waals surface area contributed by atoms with Gasteiger partial charge >= 0.3 is 11.7 Å². The van der Waals surface area contributed by atoms with Gasteiger partial charge in [-0.25, -0.2) is 4.79 Å². The summed E-state index contributed by atoms with van der Waals surface area (Å²) >= 11 is 0. The number of oxazole rings is 1. The SMILES string of the molecule is CCOc1ccccc1NC(=O)COC(=O)CCn1c(=O)oc2ccccc21. The molecular weight excluding hydrogens is 364 g/mol. The minimum atomic E-state index is -0.592. The summed E-state index contributed by atoms with van der Waals surface area (Å²) in [6, 6.07) is 13.9. The maximum atomic E-state index is 12.0. The van der Waals surface area contributed by atoms with Gasteiger partial charge in [-0.2, -0.15) is 0 Å². The summed E-state index contributed by atoms with van der Waals surface area (Å²) in [6.07, 6.45) is -0.0632. The number of aryl methyl sites for hydroxylation is 1. The second-order valence-corrected chi connectivity index (χ2v) is 5.88. The van der Waals surface area contributed by atoms with E-state index in [1.807, 2.05) is 6.92 Å². The van der Waals surface area contributed by atoms with Gasteiger partial charge in [0, 0.05) is 6.54 Å². The molecule has 146 valence electrons. The van der Waals surface area contributed by atoms with Crippen molar-refractivity contribution in [2.24, 2.45) is 0 Å². The molecule has 0 unspecified atom stereocenters. The van der Waals surface area contributed by atoms with Crippen LogP contribution in [0.4, 0.5) is 5.69 Å². The highest BCUT2D eigenvalue weighted by molar-refractivity contribution is 5.94. The molecule has 8 heteroatoms. The molecule has 1 amide bonds. The number of carbonyl (C=O) groups excluding carboxylic acids is 2. The van der Waals surface area contributed by atoms with E-state index in [0.717, 1.165) is 0 Å². The van der Waals surface area contributed by atoms with Crippen LogP contribution in [-0.4, -0.2) is 29.7 Å². The van der Waals surface area contributed by atoms with Crippen molar-refractivity contribution in [3.8, 4) is 5.75 Å². The summed E-state index contributed by atoms with van der Waals surface area (Å²) in [4.78, 5) is 35.8. The van der Waals surface area contributed by atoms with E-state index in [9.17, 15) is 14.4 Å². The van der Waals surface area contributed by atoms with Gasteiger partial charge in [-0.1, -0.05) is 24.3 Å². The van der Waals surface area contributed by atoms with Crippen molar-refractivity contribution >= 4 is 28.7 Å². The van der Waals surface area contributed by atoms with Gasteiger partial charge in [0.1, 0.15) is 5.75 Å². The smallest absolute Gasteiger partial charge is 0.419 e. The van der Waals surface area contributed by atoms with E-state index >= 15 is 0 Å². The second-order valence-electron chi connectivity index (χ2n) is 5.88. The molecule has 0 bridgehead atoms. The van der Waals surface area contributed by atoms with E-state index in [0.29, 0.717) is 29.1 Å². The highest BCUT2D eigenvalue weighted by Gasteiger charge is 2.13. The molecular formula is C20H20N2O6. The predicted octanol–water partition coefficient (Wildman–Crippen LogP) is 2.57. The van der Waals surface area contributed by atoms with Crippen LogP contribution in [0.1, 0.15) is 13.3 Å². The number of para-hydroxylation sites is 4. The number of carbonyl (C=O) groups is 2. The van der Waals surface area contributed by atoms with Gasteiger partial charge in [0.15, 0.2) is 12.2 Å². The van der Waals surface area contributed by atoms with Crippen LogP contribution in [0.25, 0.3) is 11.1 Å². The van der Waals surface area contributed by atoms with Gasteiger partial charge in [0.05, 0.1) is 24.2 Å². The number of benzene rings is 2. The minimum absolute atomic E-state index is 0.0632. The summed E-state index contributed by atoms with van der Waals surface area (Å²) in [5.41, 5.74) is 1.56. The fourth-order valence-electron chi connectivity index (χ4n) is 2.68. The van der Waals surface area contributed by atoms with Crippen LogP contribution < -0.4 is 15.8 Å². The molecule has 1 aromatic heterocycles. The summed E-state index contributed by atoms with van der Waals surface area (Å²) in [5, 5.41) is 2.64. The summed E-state index contributed by atoms with van der Waals surface area (Å²) < 4.78 is 16.9. The Morgan fingerprint density at radius 3 is 2.68 bits per heavy atom. The van der Waals surface area contributed by atoms with Crippen LogP contribution in [0.3, 0.4) is 0 Å². The molecule has 2 aromatic carbocycles. The number of hydrogen-bond donors (Lipinski definition) is 1. The molecule has 0 aliphatic heterocycles. The predicted molar refractivity (Wildman–Crippen MR) is 102 cm³/mol. The maximum Gasteiger partial charge on any atom is 0.419 e. The lowest BCUT2D eigenvalue weighted by atomic mass is 10.3. The van der Waals surface area contributed by atoms with E-state index in [1.54, 1.807) is 48.5 Å². The Morgan fingerprint density at radius 1 is 1.11 bits per heavy atom. The van der Waals surface area contributed by atoms with Crippen LogP contribution in [0.5, 0.6) is 5.75 Å². The third-order valence-corrected chi connectivity index (χ3v) is 3.94. The van der Waals surface area contributed by atoms with Crippen molar-refractivity contribution in [2.75, 3.05) is 18.5 Å². The van der Waals surface area contributed by atoms with E-state index < -0.39 is 24.2 Å². The van der Waals surface area contributed by atoms with Crippen molar-refractivity contribution in [3.63, 3.8) is 0 Å². The number of anilines is 1. The normalized spacial score (nSPS) is 10.6. The largest absolute Gasteiger partial charge is 0.492 e. The number of rotatable bonds is 8. The van der Waals surface area contributed by atoms with Crippen molar-refractivity contribution in [1.29, 1.82) is 0 Å². The zero-order valence-corrected chi connectivity index (χ0v) is 15.3. The lowest BCUT2D eigenvalue weighted by molar-refractivity contribution is -0.147. The third-order valence-electron chi connectivity index (χ3n) is 3.94. The lowest BCUT2D eigenvalue weighted by Gasteiger charge is -2.11. The van der Waals surface area contributed by atoms with E-state index in [2.05, 4.69) is 5.32 Å². The number of nitrogens with zero attached hydrogens (tertiary/aromatic N) is 1. The molecule has 8 nitrogen and oxygen atoms in total. The average Bonchev–Trinajstić information content (AvgIpc) is 3.01. The standard InChI is InChI=1S/C20H20N2O6/c1-2-26-16-9-5-3-7-14(16)21-18(23)13-27-19(24)11-12-22-15-8-4-6-10-17(15)28-20(22)25/h3-10H,2,11-13H2,1H3,(H,21,23). The van der Waals surface area contributed by atoms with E-state index in [4.69, 9.17) is 13.9 Å². The first-order chi connectivity index (χ1) is 13.6. The Hall–Kier alpha value is -3.55. The number of nitrogens with one attached hydrogen (secondary N) is 1. The minimum Gasteiger partial charge on any atom is -0.492 e. The van der Waals surface area contributed by atoms with Gasteiger partial charge in [0.2, 0.25) is 0 Å². The fraction of sp³-hybridized carbons (Fsp3) is 0.250. The first-order valence-corrected chi connectivity index (χ1v) is 8.84. The molecule has 0 spiro atoms. The highest BCUT2D eigenvalue weighted by atomic mass is 16.5. The second kappa shape index (κ2) is 8.90. The molecule has 1 heterocycles. The number of aromatic nitrogens is 1. The molecule has 1 N–H and O–H groups in total. The van der Waals surface area contributed by atoms with Crippen molar-refractivity contribution in [3.05, 3.63) is 59.1 Å². The van der Waals surface area contributed by atoms with Gasteiger partial charge in [-0.15, -0.1) is 0 Å². The molecule has 0 saturated carbocycles. The molecule has 0 atom stereocenters. The van der Waals surface area contributed by atoms with Crippen LogP contribution in [0.15, 0.2) is 57.7 Å². The fourth-order valence-corrected chi connectivity index (χ4v) is 2.68. The number of ether oxygens (including phenoxy) is 2. The zero-order valence-electron chi connectivity index (χ0n) is 15.3. The van der Waals surface area contributed by atoms with Crippen LogP contribution in [-0.2, 0) is 20.9 Å². The Morgan fingerprint density at radius 2 is 1.86 bits per heavy atom. The van der Waals surface area contributed by atoms with Crippen LogP contribution >= 0.6 is 0 Å². The van der Waals surface area contributed by atoms with Gasteiger partial charge in [0.25, 0.3) is 5.91 Å². The van der Waals surface area contributed by atoms with Crippen LogP contribution in [0.2, 0.25) is 0 Å². The molecule has 0 aliphatic rings. The molecule has 0 saturated heterocycles. The summed E-state index contributed by atoms with van der Waals surface area (Å²) in [7, 11) is 0. The number of esters is 1. The summed E-state index contributed by atoms with van der Waals surface area (Å²) in [5.74, 6) is -1.08. The van der Waals surface area contributed by atoms with Gasteiger partial charge in [-0.3, -0.25) is 14.2 Å². The average molecular weight is 384 g/mol. The molecule has 28 heavy (non-hydrogen) atoms. The maximum absolute atomic E-state index is 12.0. The van der Waals surface area contributed by atoms with Gasteiger partial charge in [-0.05, 0) is 31.2 Å². The third kappa shape index (κ3) is 4.59. The Balaban J connectivity index is 1.51. The quantitative estimate of drug-likeness (QED) is 0.599. The number of hydrogen-bond acceptors (Lipinski definition) is 6.